The van der Waals surface area contributed by atoms with E-state index in [0.717, 1.165) is 18.2 Å². The molecule has 0 spiro atoms. The first kappa shape index (κ1) is 22.2. The normalized spacial score (nSPS) is 11.0. The predicted molar refractivity (Wildman–Crippen MR) is 102 cm³/mol. The molecule has 0 radical (unpaired) electrons. The molecule has 0 atom stereocenters. The first-order valence-electron chi connectivity index (χ1n) is 8.45. The smallest absolute Gasteiger partial charge is 0.251 e. The standard InChI is InChI=1S/C19H19F2N3O4S/c1-2-18(25)23-12-13-5-3-4-6-15(13)19(26)22-9-10-24-29(27,28)17-8-7-14(20)11-16(17)21/h2-8,11,24H,1,9-10,12H2,(H,22,26)(H,23,25). The van der Waals surface area contributed by atoms with E-state index in [0.29, 0.717) is 17.2 Å². The van der Waals surface area contributed by atoms with Crippen LogP contribution in [0.1, 0.15) is 15.9 Å². The van der Waals surface area contributed by atoms with E-state index in [1.807, 2.05) is 0 Å². The van der Waals surface area contributed by atoms with Gasteiger partial charge in [-0.15, -0.1) is 0 Å². The minimum atomic E-state index is -4.20. The highest BCUT2D eigenvalue weighted by Crippen LogP contribution is 2.15. The van der Waals surface area contributed by atoms with E-state index in [4.69, 9.17) is 0 Å². The predicted octanol–water partition coefficient (Wildman–Crippen LogP) is 1.48. The maximum atomic E-state index is 13.6. The molecular formula is C19H19F2N3O4S. The van der Waals surface area contributed by atoms with Gasteiger partial charge in [0.25, 0.3) is 5.91 Å². The molecule has 0 bridgehead atoms. The summed E-state index contributed by atoms with van der Waals surface area (Å²) in [4.78, 5) is 22.9. The highest BCUT2D eigenvalue weighted by Gasteiger charge is 2.19. The van der Waals surface area contributed by atoms with E-state index in [1.165, 1.54) is 0 Å². The van der Waals surface area contributed by atoms with Gasteiger partial charge in [-0.25, -0.2) is 21.9 Å². The first-order chi connectivity index (χ1) is 13.7. The summed E-state index contributed by atoms with van der Waals surface area (Å²) in [6.07, 6.45) is 1.11. The Morgan fingerprint density at radius 3 is 2.45 bits per heavy atom. The van der Waals surface area contributed by atoms with Gasteiger partial charge in [-0.1, -0.05) is 24.8 Å². The van der Waals surface area contributed by atoms with Crippen molar-refractivity contribution in [1.29, 1.82) is 0 Å². The van der Waals surface area contributed by atoms with Gasteiger partial charge in [-0.2, -0.15) is 0 Å². The summed E-state index contributed by atoms with van der Waals surface area (Å²) in [5.74, 6) is -2.96. The monoisotopic (exact) mass is 423 g/mol. The Morgan fingerprint density at radius 2 is 1.76 bits per heavy atom. The third-order valence-electron chi connectivity index (χ3n) is 3.79. The molecule has 0 saturated carbocycles. The molecule has 0 heterocycles. The van der Waals surface area contributed by atoms with Gasteiger partial charge in [0.2, 0.25) is 15.9 Å². The van der Waals surface area contributed by atoms with Crippen LogP contribution < -0.4 is 15.4 Å². The van der Waals surface area contributed by atoms with Crippen molar-refractivity contribution >= 4 is 21.8 Å². The van der Waals surface area contributed by atoms with Crippen molar-refractivity contribution < 1.29 is 26.8 Å². The number of sulfonamides is 1. The molecule has 2 rings (SSSR count). The maximum absolute atomic E-state index is 13.6. The van der Waals surface area contributed by atoms with Crippen LogP contribution in [0.2, 0.25) is 0 Å². The summed E-state index contributed by atoms with van der Waals surface area (Å²) in [5.41, 5.74) is 0.874. The minimum Gasteiger partial charge on any atom is -0.351 e. The van der Waals surface area contributed by atoms with E-state index in [2.05, 4.69) is 21.9 Å². The topological polar surface area (TPSA) is 104 Å². The van der Waals surface area contributed by atoms with Crippen molar-refractivity contribution in [2.24, 2.45) is 0 Å². The fraction of sp³-hybridized carbons (Fsp3) is 0.158. The number of nitrogens with one attached hydrogen (secondary N) is 3. The fourth-order valence-electron chi connectivity index (χ4n) is 2.38. The zero-order chi connectivity index (χ0) is 21.4. The molecule has 0 unspecified atom stereocenters. The summed E-state index contributed by atoms with van der Waals surface area (Å²) >= 11 is 0. The molecule has 0 aliphatic carbocycles. The van der Waals surface area contributed by atoms with Crippen LogP contribution in [-0.4, -0.2) is 33.3 Å². The molecular weight excluding hydrogens is 404 g/mol. The second-order valence-corrected chi connectivity index (χ2v) is 7.54. The molecule has 2 aromatic rings. The summed E-state index contributed by atoms with van der Waals surface area (Å²) in [6.45, 7) is 3.18. The zero-order valence-electron chi connectivity index (χ0n) is 15.2. The van der Waals surface area contributed by atoms with E-state index in [1.54, 1.807) is 24.3 Å². The number of carbonyl (C=O) groups excluding carboxylic acids is 2. The number of carbonyl (C=O) groups is 2. The molecule has 0 saturated heterocycles. The molecule has 2 amide bonds. The van der Waals surface area contributed by atoms with Crippen LogP contribution in [0.15, 0.2) is 60.0 Å². The summed E-state index contributed by atoms with van der Waals surface area (Å²) in [6, 6.07) is 8.70. The lowest BCUT2D eigenvalue weighted by molar-refractivity contribution is -0.116. The van der Waals surface area contributed by atoms with Gasteiger partial charge in [0.15, 0.2) is 0 Å². The maximum Gasteiger partial charge on any atom is 0.251 e. The minimum absolute atomic E-state index is 0.0752. The SMILES string of the molecule is C=CC(=O)NCc1ccccc1C(=O)NCCNS(=O)(=O)c1ccc(F)cc1F. The largest absolute Gasteiger partial charge is 0.351 e. The lowest BCUT2D eigenvalue weighted by Gasteiger charge is -2.11. The van der Waals surface area contributed by atoms with Crippen molar-refractivity contribution in [3.05, 3.63) is 77.9 Å². The molecule has 7 nitrogen and oxygen atoms in total. The number of hydrogen-bond donors (Lipinski definition) is 3. The van der Waals surface area contributed by atoms with Crippen LogP contribution in [0, 0.1) is 11.6 Å². The Hall–Kier alpha value is -3.11. The lowest BCUT2D eigenvalue weighted by atomic mass is 10.1. The quantitative estimate of drug-likeness (QED) is 0.420. The molecule has 29 heavy (non-hydrogen) atoms. The van der Waals surface area contributed by atoms with E-state index >= 15 is 0 Å². The highest BCUT2D eigenvalue weighted by atomic mass is 32.2. The number of benzene rings is 2. The van der Waals surface area contributed by atoms with Gasteiger partial charge in [0, 0.05) is 31.3 Å². The van der Waals surface area contributed by atoms with Gasteiger partial charge in [-0.05, 0) is 29.8 Å². The van der Waals surface area contributed by atoms with Gasteiger partial charge >= 0.3 is 0 Å². The fourth-order valence-corrected chi connectivity index (χ4v) is 3.47. The first-order valence-corrected chi connectivity index (χ1v) is 9.94. The number of amides is 2. The molecule has 154 valence electrons. The molecule has 0 aliphatic heterocycles. The Morgan fingerprint density at radius 1 is 1.03 bits per heavy atom. The van der Waals surface area contributed by atoms with Crippen molar-refractivity contribution in [3.63, 3.8) is 0 Å². The lowest BCUT2D eigenvalue weighted by Crippen LogP contribution is -2.35. The summed E-state index contributed by atoms with van der Waals surface area (Å²) in [7, 11) is -4.20. The Bertz CT molecular complexity index is 1030. The number of hydrogen-bond acceptors (Lipinski definition) is 4. The van der Waals surface area contributed by atoms with Crippen LogP contribution >= 0.6 is 0 Å². The van der Waals surface area contributed by atoms with Gasteiger partial charge < -0.3 is 10.6 Å². The van der Waals surface area contributed by atoms with Crippen molar-refractivity contribution in [2.75, 3.05) is 13.1 Å². The second-order valence-electron chi connectivity index (χ2n) is 5.81. The second kappa shape index (κ2) is 9.89. The van der Waals surface area contributed by atoms with E-state index in [-0.39, 0.29) is 25.5 Å². The molecule has 3 N–H and O–H groups in total. The summed E-state index contributed by atoms with van der Waals surface area (Å²) < 4.78 is 52.8. The molecule has 0 aliphatic rings. The molecule has 0 aromatic heterocycles. The van der Waals surface area contributed by atoms with Gasteiger partial charge in [0.1, 0.15) is 16.5 Å². The third-order valence-corrected chi connectivity index (χ3v) is 5.28. The van der Waals surface area contributed by atoms with Crippen LogP contribution in [0.25, 0.3) is 0 Å². The Balaban J connectivity index is 1.93. The van der Waals surface area contributed by atoms with Crippen molar-refractivity contribution in [2.45, 2.75) is 11.4 Å². The van der Waals surface area contributed by atoms with E-state index < -0.39 is 32.5 Å². The zero-order valence-corrected chi connectivity index (χ0v) is 16.1. The van der Waals surface area contributed by atoms with E-state index in [9.17, 15) is 26.8 Å². The average molecular weight is 423 g/mol. The summed E-state index contributed by atoms with van der Waals surface area (Å²) in [5, 5.41) is 5.10. The van der Waals surface area contributed by atoms with Crippen LogP contribution in [0.5, 0.6) is 0 Å². The molecule has 0 fully saturated rings. The highest BCUT2D eigenvalue weighted by molar-refractivity contribution is 7.89. The Kier molecular flexibility index (Phi) is 7.57. The van der Waals surface area contributed by atoms with Crippen LogP contribution in [0.3, 0.4) is 0 Å². The van der Waals surface area contributed by atoms with Crippen molar-refractivity contribution in [1.82, 2.24) is 15.4 Å². The Labute approximate surface area is 166 Å². The molecule has 10 heteroatoms. The third kappa shape index (κ3) is 6.19. The molecule has 2 aromatic carbocycles. The van der Waals surface area contributed by atoms with Gasteiger partial charge in [0.05, 0.1) is 0 Å². The van der Waals surface area contributed by atoms with Gasteiger partial charge in [-0.3, -0.25) is 9.59 Å². The number of halogens is 2. The van der Waals surface area contributed by atoms with Crippen molar-refractivity contribution in [3.8, 4) is 0 Å². The average Bonchev–Trinajstić information content (AvgIpc) is 2.69. The van der Waals surface area contributed by atoms with Crippen LogP contribution in [0.4, 0.5) is 8.78 Å². The van der Waals surface area contributed by atoms with Crippen LogP contribution in [-0.2, 0) is 21.4 Å². The number of rotatable bonds is 9.